The lowest BCUT2D eigenvalue weighted by Crippen LogP contribution is -2.48. The minimum atomic E-state index is -1.30. The molecule has 11 nitrogen and oxygen atoms in total. The first kappa shape index (κ1) is 22.4. The van der Waals surface area contributed by atoms with E-state index in [2.05, 4.69) is 20.6 Å². The first-order valence-corrected chi connectivity index (χ1v) is 11.9. The van der Waals surface area contributed by atoms with Gasteiger partial charge in [0, 0.05) is 32.4 Å². The molecule has 4 heterocycles. The van der Waals surface area contributed by atoms with E-state index in [9.17, 15) is 20.1 Å². The maximum absolute atomic E-state index is 12.7. The van der Waals surface area contributed by atoms with Crippen LogP contribution in [0.5, 0.6) is 0 Å². The molecule has 2 aliphatic heterocycles. The van der Waals surface area contributed by atoms with E-state index in [0.29, 0.717) is 35.5 Å². The molecule has 2 fully saturated rings. The molecule has 5 N–H and O–H groups in total. The summed E-state index contributed by atoms with van der Waals surface area (Å²) in [4.78, 5) is 22.9. The lowest BCUT2D eigenvalue weighted by atomic mass is 9.85. The highest BCUT2D eigenvalue weighted by molar-refractivity contribution is 5.97. The average molecular weight is 481 g/mol. The Morgan fingerprint density at radius 3 is 2.66 bits per heavy atom. The summed E-state index contributed by atoms with van der Waals surface area (Å²) in [6.07, 6.45) is -0.663. The van der Waals surface area contributed by atoms with Crippen LogP contribution in [0.3, 0.4) is 0 Å². The number of carbonyl (C=O) groups excluding carboxylic acids is 1. The molecule has 0 spiro atoms. The molecule has 1 aliphatic carbocycles. The Kier molecular flexibility index (Phi) is 5.66. The van der Waals surface area contributed by atoms with Crippen LogP contribution in [0.2, 0.25) is 0 Å². The van der Waals surface area contributed by atoms with Crippen LogP contribution in [0.1, 0.15) is 29.0 Å². The van der Waals surface area contributed by atoms with Gasteiger partial charge in [0.15, 0.2) is 6.23 Å². The van der Waals surface area contributed by atoms with Gasteiger partial charge in [-0.2, -0.15) is 0 Å². The second-order valence-corrected chi connectivity index (χ2v) is 9.30. The topological polar surface area (TPSA) is 145 Å². The zero-order valence-corrected chi connectivity index (χ0v) is 19.0. The van der Waals surface area contributed by atoms with Gasteiger partial charge in [-0.3, -0.25) is 5.32 Å². The lowest BCUT2D eigenvalue weighted by molar-refractivity contribution is -0.0848. The number of ether oxygens (including phenoxy) is 1. The van der Waals surface area contributed by atoms with Crippen molar-refractivity contribution in [3.63, 3.8) is 0 Å². The predicted molar refractivity (Wildman–Crippen MR) is 126 cm³/mol. The number of urea groups is 1. The summed E-state index contributed by atoms with van der Waals surface area (Å²) in [6, 6.07) is 7.24. The molecule has 6 rings (SSSR count). The second-order valence-electron chi connectivity index (χ2n) is 9.30. The number of anilines is 1. The number of piperazine rings is 1. The molecule has 1 aromatic carbocycles. The van der Waals surface area contributed by atoms with Gasteiger partial charge in [0.1, 0.15) is 42.2 Å². The third kappa shape index (κ3) is 3.85. The van der Waals surface area contributed by atoms with Crippen LogP contribution in [-0.4, -0.2) is 85.3 Å². The van der Waals surface area contributed by atoms with Gasteiger partial charge in [0.05, 0.1) is 5.39 Å². The van der Waals surface area contributed by atoms with E-state index in [-0.39, 0.29) is 6.03 Å². The SMILES string of the molecule is O=C(Nc1ncnc2c1ccn2[C@@H]1O[C@H]([C@H](O)c2ccc3c(c2)CC3)[C@@H](O)[C@H]1O)N1CCNCC1. The minimum absolute atomic E-state index is 0.242. The number of amides is 2. The van der Waals surface area contributed by atoms with Crippen LogP contribution in [0, 0.1) is 0 Å². The van der Waals surface area contributed by atoms with Crippen molar-refractivity contribution in [3.05, 3.63) is 53.5 Å². The Hall–Kier alpha value is -3.09. The van der Waals surface area contributed by atoms with Crippen LogP contribution < -0.4 is 10.6 Å². The molecule has 0 saturated carbocycles. The Morgan fingerprint density at radius 1 is 1.11 bits per heavy atom. The van der Waals surface area contributed by atoms with Crippen LogP contribution in [0.25, 0.3) is 11.0 Å². The van der Waals surface area contributed by atoms with E-state index in [1.54, 1.807) is 21.7 Å². The fourth-order valence-electron chi connectivity index (χ4n) is 5.09. The number of hydrogen-bond donors (Lipinski definition) is 5. The number of fused-ring (bicyclic) bond motifs is 2. The molecule has 2 saturated heterocycles. The number of aliphatic hydroxyl groups excluding tert-OH is 3. The summed E-state index contributed by atoms with van der Waals surface area (Å²) in [5.41, 5.74) is 3.54. The largest absolute Gasteiger partial charge is 0.387 e. The average Bonchev–Trinajstić information content (AvgIpc) is 3.41. The van der Waals surface area contributed by atoms with Crippen molar-refractivity contribution in [2.24, 2.45) is 0 Å². The van der Waals surface area contributed by atoms with Gasteiger partial charge in [-0.15, -0.1) is 0 Å². The molecule has 35 heavy (non-hydrogen) atoms. The molecule has 5 atom stereocenters. The number of nitrogens with one attached hydrogen (secondary N) is 2. The summed E-state index contributed by atoms with van der Waals surface area (Å²) in [5.74, 6) is 0.351. The monoisotopic (exact) mass is 480 g/mol. The van der Waals surface area contributed by atoms with Crippen molar-refractivity contribution in [1.29, 1.82) is 0 Å². The van der Waals surface area contributed by atoms with E-state index in [4.69, 9.17) is 4.74 Å². The van der Waals surface area contributed by atoms with Gasteiger partial charge >= 0.3 is 6.03 Å². The van der Waals surface area contributed by atoms with Gasteiger partial charge in [-0.25, -0.2) is 14.8 Å². The summed E-state index contributed by atoms with van der Waals surface area (Å²) in [6.45, 7) is 2.69. The standard InChI is InChI=1S/C24H28N6O5/c31-17(15-4-2-13-1-3-14(13)11-15)20-18(32)19(33)23(35-20)30-8-5-16-21(26-12-27-22(16)30)28-24(34)29-9-6-25-7-10-29/h2,4-5,8,11-12,17-20,23,25,31-33H,1,3,6-7,9-10H2,(H,26,27,28,34)/t17-,18+,19-,20-,23-/m1/s1. The molecular weight excluding hydrogens is 452 g/mol. The van der Waals surface area contributed by atoms with Gasteiger partial charge in [0.25, 0.3) is 0 Å². The molecule has 3 aromatic rings. The van der Waals surface area contributed by atoms with Crippen LogP contribution >= 0.6 is 0 Å². The highest BCUT2D eigenvalue weighted by atomic mass is 16.6. The van der Waals surface area contributed by atoms with Crippen LogP contribution in [0.15, 0.2) is 36.8 Å². The third-order valence-corrected chi connectivity index (χ3v) is 7.23. The highest BCUT2D eigenvalue weighted by Gasteiger charge is 2.47. The molecule has 0 bridgehead atoms. The fourth-order valence-corrected chi connectivity index (χ4v) is 5.09. The van der Waals surface area contributed by atoms with Crippen molar-refractivity contribution in [2.75, 3.05) is 31.5 Å². The number of aryl methyl sites for hydroxylation is 2. The van der Waals surface area contributed by atoms with E-state index in [0.717, 1.165) is 25.9 Å². The molecule has 0 unspecified atom stereocenters. The molecule has 2 aromatic heterocycles. The lowest BCUT2D eigenvalue weighted by Gasteiger charge is -2.27. The Balaban J connectivity index is 1.24. The van der Waals surface area contributed by atoms with Crippen molar-refractivity contribution >= 4 is 22.9 Å². The van der Waals surface area contributed by atoms with Crippen molar-refractivity contribution in [2.45, 2.75) is 43.5 Å². The highest BCUT2D eigenvalue weighted by Crippen LogP contribution is 2.39. The van der Waals surface area contributed by atoms with Gasteiger partial charge in [-0.05, 0) is 35.6 Å². The van der Waals surface area contributed by atoms with Gasteiger partial charge < -0.3 is 34.8 Å². The first-order chi connectivity index (χ1) is 17.0. The molecule has 2 amide bonds. The number of aliphatic hydroxyl groups is 3. The number of rotatable bonds is 4. The maximum atomic E-state index is 12.7. The number of hydrogen-bond acceptors (Lipinski definition) is 8. The Bertz CT molecular complexity index is 1260. The Labute approximate surface area is 201 Å². The van der Waals surface area contributed by atoms with Gasteiger partial charge in [0.2, 0.25) is 0 Å². The fraction of sp³-hybridized carbons (Fsp3) is 0.458. The smallest absolute Gasteiger partial charge is 0.323 e. The zero-order chi connectivity index (χ0) is 24.1. The predicted octanol–water partition coefficient (Wildman–Crippen LogP) is 0.320. The molecule has 0 radical (unpaired) electrons. The first-order valence-electron chi connectivity index (χ1n) is 11.9. The molecular formula is C24H28N6O5. The second kappa shape index (κ2) is 8.85. The van der Waals surface area contributed by atoms with Crippen LogP contribution in [-0.2, 0) is 17.6 Å². The maximum Gasteiger partial charge on any atom is 0.323 e. The molecule has 11 heteroatoms. The number of carbonyl (C=O) groups is 1. The Morgan fingerprint density at radius 2 is 1.91 bits per heavy atom. The quantitative estimate of drug-likeness (QED) is 0.359. The number of aromatic nitrogens is 3. The summed E-state index contributed by atoms with van der Waals surface area (Å²) < 4.78 is 7.60. The number of benzene rings is 1. The van der Waals surface area contributed by atoms with E-state index < -0.39 is 30.6 Å². The summed E-state index contributed by atoms with van der Waals surface area (Å²) in [5, 5.41) is 39.1. The van der Waals surface area contributed by atoms with E-state index in [1.807, 2.05) is 18.2 Å². The van der Waals surface area contributed by atoms with Crippen LogP contribution in [0.4, 0.5) is 10.6 Å². The number of nitrogens with zero attached hydrogens (tertiary/aromatic N) is 4. The van der Waals surface area contributed by atoms with E-state index in [1.165, 1.54) is 17.5 Å². The van der Waals surface area contributed by atoms with Crippen molar-refractivity contribution in [1.82, 2.24) is 24.8 Å². The van der Waals surface area contributed by atoms with E-state index >= 15 is 0 Å². The van der Waals surface area contributed by atoms with Crippen molar-refractivity contribution in [3.8, 4) is 0 Å². The van der Waals surface area contributed by atoms with Gasteiger partial charge in [-0.1, -0.05) is 18.2 Å². The third-order valence-electron chi connectivity index (χ3n) is 7.23. The van der Waals surface area contributed by atoms with Crippen molar-refractivity contribution < 1.29 is 24.9 Å². The molecule has 184 valence electrons. The summed E-state index contributed by atoms with van der Waals surface area (Å²) in [7, 11) is 0. The summed E-state index contributed by atoms with van der Waals surface area (Å²) >= 11 is 0. The normalized spacial score (nSPS) is 26.9. The minimum Gasteiger partial charge on any atom is -0.387 e. The molecule has 3 aliphatic rings. The zero-order valence-electron chi connectivity index (χ0n) is 19.0.